The molecule has 2 aromatic heterocycles. The molecule has 0 bridgehead atoms. The molecule has 0 spiro atoms. The summed E-state index contributed by atoms with van der Waals surface area (Å²) in [6.45, 7) is 3.02. The summed E-state index contributed by atoms with van der Waals surface area (Å²) in [5.74, 6) is -0.244. The van der Waals surface area contributed by atoms with Crippen LogP contribution in [0.25, 0.3) is 21.8 Å². The molecule has 0 aliphatic rings. The van der Waals surface area contributed by atoms with E-state index in [1.54, 1.807) is 0 Å². The maximum absolute atomic E-state index is 12.9. The lowest BCUT2D eigenvalue weighted by molar-refractivity contribution is -0.133. The first-order valence-corrected chi connectivity index (χ1v) is 9.85. The van der Waals surface area contributed by atoms with Gasteiger partial charge in [0.25, 0.3) is 0 Å². The third kappa shape index (κ3) is 3.16. The Morgan fingerprint density at radius 1 is 1.00 bits per heavy atom. The number of fused-ring (bicyclic) bond motifs is 2. The molecule has 0 fully saturated rings. The van der Waals surface area contributed by atoms with E-state index in [-0.39, 0.29) is 11.2 Å². The molecule has 1 N–H and O–H groups in total. The van der Waals surface area contributed by atoms with Gasteiger partial charge in [0, 0.05) is 17.3 Å². The molecule has 0 aliphatic carbocycles. The molecule has 0 saturated heterocycles. The number of pyridine rings is 1. The number of carboxylic acids is 1. The lowest BCUT2D eigenvalue weighted by Crippen LogP contribution is -2.15. The SMILES string of the molecule is CCn1c(Cn2c3ccccc3c(=O)c3ccccc32)nnc1SCC(=O)O. The average molecular weight is 394 g/mol. The molecule has 0 unspecified atom stereocenters. The quantitative estimate of drug-likeness (QED) is 0.399. The molecule has 0 amide bonds. The van der Waals surface area contributed by atoms with Crippen LogP contribution in [0.3, 0.4) is 0 Å². The van der Waals surface area contributed by atoms with Gasteiger partial charge in [0.05, 0.1) is 23.3 Å². The van der Waals surface area contributed by atoms with Crippen molar-refractivity contribution in [2.45, 2.75) is 25.2 Å². The van der Waals surface area contributed by atoms with Crippen molar-refractivity contribution in [3.05, 3.63) is 64.6 Å². The maximum atomic E-state index is 12.9. The fourth-order valence-corrected chi connectivity index (χ4v) is 4.12. The number of nitrogens with zero attached hydrogens (tertiary/aromatic N) is 4. The smallest absolute Gasteiger partial charge is 0.313 e. The third-order valence-corrected chi connectivity index (χ3v) is 5.56. The molecule has 28 heavy (non-hydrogen) atoms. The standard InChI is InChI=1S/C20H18N4O3S/c1-2-23-17(21-22-20(23)28-12-18(25)26)11-24-15-9-5-3-7-13(15)19(27)14-8-4-6-10-16(14)24/h3-10H,2,11-12H2,1H3,(H,25,26). The van der Waals surface area contributed by atoms with Gasteiger partial charge < -0.3 is 14.2 Å². The van der Waals surface area contributed by atoms with Crippen molar-refractivity contribution >= 4 is 39.5 Å². The number of carbonyl (C=O) groups is 1. The van der Waals surface area contributed by atoms with Crippen molar-refractivity contribution in [1.29, 1.82) is 0 Å². The van der Waals surface area contributed by atoms with E-state index in [2.05, 4.69) is 14.8 Å². The van der Waals surface area contributed by atoms with E-state index in [0.29, 0.717) is 34.8 Å². The van der Waals surface area contributed by atoms with Gasteiger partial charge in [-0.2, -0.15) is 0 Å². The van der Waals surface area contributed by atoms with Crippen LogP contribution in [-0.4, -0.2) is 36.2 Å². The summed E-state index contributed by atoms with van der Waals surface area (Å²) >= 11 is 1.15. The van der Waals surface area contributed by atoms with Gasteiger partial charge in [-0.3, -0.25) is 9.59 Å². The molecular weight excluding hydrogens is 376 g/mol. The van der Waals surface area contributed by atoms with Gasteiger partial charge in [-0.25, -0.2) is 0 Å². The zero-order chi connectivity index (χ0) is 19.7. The van der Waals surface area contributed by atoms with Gasteiger partial charge in [-0.15, -0.1) is 10.2 Å². The zero-order valence-electron chi connectivity index (χ0n) is 15.2. The minimum Gasteiger partial charge on any atom is -0.481 e. The van der Waals surface area contributed by atoms with Crippen molar-refractivity contribution in [2.75, 3.05) is 5.75 Å². The van der Waals surface area contributed by atoms with Gasteiger partial charge >= 0.3 is 5.97 Å². The minimum atomic E-state index is -0.894. The van der Waals surface area contributed by atoms with E-state index < -0.39 is 5.97 Å². The number of benzene rings is 2. The second-order valence-corrected chi connectivity index (χ2v) is 7.22. The number of thioether (sulfide) groups is 1. The van der Waals surface area contributed by atoms with Crippen LogP contribution in [0.1, 0.15) is 12.7 Å². The van der Waals surface area contributed by atoms with E-state index in [9.17, 15) is 9.59 Å². The highest BCUT2D eigenvalue weighted by molar-refractivity contribution is 7.99. The summed E-state index contributed by atoms with van der Waals surface area (Å²) < 4.78 is 3.98. The lowest BCUT2D eigenvalue weighted by Gasteiger charge is -2.15. The highest BCUT2D eigenvalue weighted by atomic mass is 32.2. The Labute approximate surface area is 164 Å². The monoisotopic (exact) mass is 394 g/mol. The van der Waals surface area contributed by atoms with Crippen LogP contribution >= 0.6 is 11.8 Å². The molecule has 0 radical (unpaired) electrons. The van der Waals surface area contributed by atoms with Gasteiger partial charge in [-0.05, 0) is 31.2 Å². The second kappa shape index (κ2) is 7.47. The van der Waals surface area contributed by atoms with E-state index in [0.717, 1.165) is 22.8 Å². The molecule has 142 valence electrons. The van der Waals surface area contributed by atoms with Gasteiger partial charge in [0.2, 0.25) is 0 Å². The second-order valence-electron chi connectivity index (χ2n) is 6.28. The first kappa shape index (κ1) is 18.2. The van der Waals surface area contributed by atoms with Crippen molar-refractivity contribution < 1.29 is 9.90 Å². The number of carboxylic acid groups (broad SMARTS) is 1. The molecule has 0 aliphatic heterocycles. The normalized spacial score (nSPS) is 11.3. The topological polar surface area (TPSA) is 90.0 Å². The van der Waals surface area contributed by atoms with Crippen molar-refractivity contribution in [1.82, 2.24) is 19.3 Å². The number of hydrogen-bond donors (Lipinski definition) is 1. The molecule has 2 heterocycles. The molecule has 0 saturated carbocycles. The summed E-state index contributed by atoms with van der Waals surface area (Å²) in [7, 11) is 0. The first-order valence-electron chi connectivity index (χ1n) is 8.87. The Balaban J connectivity index is 1.87. The molecular formula is C20H18N4O3S. The van der Waals surface area contributed by atoms with E-state index in [1.165, 1.54) is 0 Å². The molecule has 4 rings (SSSR count). The number of aromatic nitrogens is 4. The minimum absolute atomic E-state index is 0.0112. The van der Waals surface area contributed by atoms with E-state index in [4.69, 9.17) is 5.11 Å². The Bertz CT molecular complexity index is 1190. The van der Waals surface area contributed by atoms with Crippen molar-refractivity contribution in [2.24, 2.45) is 0 Å². The molecule has 0 atom stereocenters. The number of rotatable bonds is 6. The van der Waals surface area contributed by atoms with Crippen LogP contribution in [0, 0.1) is 0 Å². The summed E-state index contributed by atoms with van der Waals surface area (Å²) in [6.07, 6.45) is 0. The van der Waals surface area contributed by atoms with Gasteiger partial charge in [0.15, 0.2) is 16.4 Å². The fraction of sp³-hybridized carbons (Fsp3) is 0.200. The molecule has 7 nitrogen and oxygen atoms in total. The predicted molar refractivity (Wildman–Crippen MR) is 109 cm³/mol. The highest BCUT2D eigenvalue weighted by Gasteiger charge is 2.16. The van der Waals surface area contributed by atoms with Crippen LogP contribution < -0.4 is 5.43 Å². The molecule has 4 aromatic rings. The van der Waals surface area contributed by atoms with Crippen LogP contribution in [0.2, 0.25) is 0 Å². The Morgan fingerprint density at radius 2 is 1.61 bits per heavy atom. The maximum Gasteiger partial charge on any atom is 0.313 e. The Hall–Kier alpha value is -3.13. The molecule has 2 aromatic carbocycles. The lowest BCUT2D eigenvalue weighted by atomic mass is 10.1. The van der Waals surface area contributed by atoms with Gasteiger partial charge in [0.1, 0.15) is 0 Å². The van der Waals surface area contributed by atoms with Crippen LogP contribution in [0.15, 0.2) is 58.5 Å². The Morgan fingerprint density at radius 3 is 2.18 bits per heavy atom. The summed E-state index contributed by atoms with van der Waals surface area (Å²) in [5.41, 5.74) is 1.67. The fourth-order valence-electron chi connectivity index (χ4n) is 3.38. The number of para-hydroxylation sites is 2. The van der Waals surface area contributed by atoms with Crippen LogP contribution in [0.4, 0.5) is 0 Å². The van der Waals surface area contributed by atoms with Gasteiger partial charge in [-0.1, -0.05) is 36.0 Å². The van der Waals surface area contributed by atoms with E-state index >= 15 is 0 Å². The van der Waals surface area contributed by atoms with Crippen molar-refractivity contribution in [3.8, 4) is 0 Å². The predicted octanol–water partition coefficient (Wildman–Crippen LogP) is 2.99. The summed E-state index contributed by atoms with van der Waals surface area (Å²) in [4.78, 5) is 23.7. The summed E-state index contributed by atoms with van der Waals surface area (Å²) in [6, 6.07) is 15.1. The highest BCUT2D eigenvalue weighted by Crippen LogP contribution is 2.22. The first-order chi connectivity index (χ1) is 13.6. The third-order valence-electron chi connectivity index (χ3n) is 4.61. The van der Waals surface area contributed by atoms with Crippen LogP contribution in [0.5, 0.6) is 0 Å². The Kier molecular flexibility index (Phi) is 4.87. The summed E-state index contributed by atoms with van der Waals surface area (Å²) in [5, 5.41) is 19.3. The zero-order valence-corrected chi connectivity index (χ0v) is 16.0. The largest absolute Gasteiger partial charge is 0.481 e. The number of hydrogen-bond acceptors (Lipinski definition) is 5. The molecule has 8 heteroatoms. The average Bonchev–Trinajstić information content (AvgIpc) is 3.11. The van der Waals surface area contributed by atoms with E-state index in [1.807, 2.05) is 60.0 Å². The van der Waals surface area contributed by atoms with Crippen LogP contribution in [-0.2, 0) is 17.9 Å². The van der Waals surface area contributed by atoms with Crippen molar-refractivity contribution in [3.63, 3.8) is 0 Å². The number of aliphatic carboxylic acids is 1.